The van der Waals surface area contributed by atoms with E-state index in [2.05, 4.69) is 31.0 Å². The molecular weight excluding hydrogens is 352 g/mol. The predicted octanol–water partition coefficient (Wildman–Crippen LogP) is 4.43. The molecule has 0 fully saturated rings. The lowest BCUT2D eigenvalue weighted by Crippen LogP contribution is -2.30. The van der Waals surface area contributed by atoms with E-state index in [1.165, 1.54) is 5.56 Å². The first-order valence-electron chi connectivity index (χ1n) is 9.75. The zero-order valence-corrected chi connectivity index (χ0v) is 17.8. The predicted molar refractivity (Wildman–Crippen MR) is 113 cm³/mol. The molecule has 0 saturated carbocycles. The van der Waals surface area contributed by atoms with Crippen LogP contribution in [0.2, 0.25) is 0 Å². The topological polar surface area (TPSA) is 50.8 Å². The molecule has 28 heavy (non-hydrogen) atoms. The molecule has 0 spiro atoms. The summed E-state index contributed by atoms with van der Waals surface area (Å²) in [7, 11) is 3.23. The van der Waals surface area contributed by atoms with Crippen molar-refractivity contribution in [1.82, 2.24) is 10.2 Å². The molecule has 152 valence electrons. The van der Waals surface area contributed by atoms with Gasteiger partial charge in [-0.25, -0.2) is 0 Å². The van der Waals surface area contributed by atoms with E-state index in [1.807, 2.05) is 49.4 Å². The summed E-state index contributed by atoms with van der Waals surface area (Å²) in [4.78, 5) is 15.0. The molecule has 0 bridgehead atoms. The Kier molecular flexibility index (Phi) is 7.88. The number of carbonyl (C=O) groups is 1. The van der Waals surface area contributed by atoms with Gasteiger partial charge in [0.25, 0.3) is 5.91 Å². The zero-order chi connectivity index (χ0) is 20.7. The van der Waals surface area contributed by atoms with Gasteiger partial charge in [-0.1, -0.05) is 19.1 Å². The number of amides is 1. The average molecular weight is 385 g/mol. The van der Waals surface area contributed by atoms with E-state index >= 15 is 0 Å². The van der Waals surface area contributed by atoms with E-state index in [9.17, 15) is 4.79 Å². The van der Waals surface area contributed by atoms with E-state index in [-0.39, 0.29) is 11.9 Å². The minimum atomic E-state index is -0.190. The normalized spacial score (nSPS) is 12.1. The minimum absolute atomic E-state index is 0.104. The number of carbonyl (C=O) groups excluding carboxylic acids is 1. The Morgan fingerprint density at radius 2 is 1.71 bits per heavy atom. The molecule has 1 atom stereocenters. The zero-order valence-electron chi connectivity index (χ0n) is 17.8. The van der Waals surface area contributed by atoms with Gasteiger partial charge >= 0.3 is 0 Å². The maximum absolute atomic E-state index is 12.7. The number of benzene rings is 2. The summed E-state index contributed by atoms with van der Waals surface area (Å²) in [5.41, 5.74) is 2.76. The third-order valence-corrected chi connectivity index (χ3v) is 4.99. The van der Waals surface area contributed by atoms with Crippen LogP contribution in [-0.2, 0) is 6.54 Å². The Hall–Kier alpha value is -2.53. The van der Waals surface area contributed by atoms with Crippen molar-refractivity contribution >= 4 is 5.91 Å². The van der Waals surface area contributed by atoms with Crippen molar-refractivity contribution in [3.05, 3.63) is 59.2 Å². The van der Waals surface area contributed by atoms with E-state index in [0.29, 0.717) is 17.4 Å². The number of rotatable bonds is 9. The van der Waals surface area contributed by atoms with Crippen LogP contribution >= 0.6 is 0 Å². The van der Waals surface area contributed by atoms with Crippen LogP contribution in [0.1, 0.15) is 55.2 Å². The van der Waals surface area contributed by atoms with E-state index < -0.39 is 0 Å². The second-order valence-corrected chi connectivity index (χ2v) is 7.16. The summed E-state index contributed by atoms with van der Waals surface area (Å²) in [5, 5.41) is 3.04. The number of ether oxygens (including phenoxy) is 2. The van der Waals surface area contributed by atoms with Crippen molar-refractivity contribution in [2.24, 2.45) is 0 Å². The van der Waals surface area contributed by atoms with Gasteiger partial charge in [-0.3, -0.25) is 9.69 Å². The van der Waals surface area contributed by atoms with Crippen LogP contribution in [0.15, 0.2) is 42.5 Å². The average Bonchev–Trinajstić information content (AvgIpc) is 2.71. The largest absolute Gasteiger partial charge is 0.497 e. The number of hydrogen-bond acceptors (Lipinski definition) is 4. The summed E-state index contributed by atoms with van der Waals surface area (Å²) in [6.45, 7) is 10.4. The van der Waals surface area contributed by atoms with Gasteiger partial charge < -0.3 is 14.8 Å². The Morgan fingerprint density at radius 3 is 2.25 bits per heavy atom. The summed E-state index contributed by atoms with van der Waals surface area (Å²) < 4.78 is 10.7. The van der Waals surface area contributed by atoms with Gasteiger partial charge in [0.2, 0.25) is 0 Å². The monoisotopic (exact) mass is 384 g/mol. The summed E-state index contributed by atoms with van der Waals surface area (Å²) in [5.74, 6) is 1.31. The van der Waals surface area contributed by atoms with Gasteiger partial charge in [-0.15, -0.1) is 0 Å². The second-order valence-electron chi connectivity index (χ2n) is 7.16. The van der Waals surface area contributed by atoms with Gasteiger partial charge in [0, 0.05) is 29.8 Å². The van der Waals surface area contributed by atoms with E-state index in [4.69, 9.17) is 9.47 Å². The van der Waals surface area contributed by atoms with Crippen molar-refractivity contribution in [1.29, 1.82) is 0 Å². The highest BCUT2D eigenvalue weighted by molar-refractivity contribution is 5.94. The second kappa shape index (κ2) is 10.1. The molecule has 0 aliphatic heterocycles. The number of nitrogens with zero attached hydrogens (tertiary/aromatic N) is 1. The Labute approximate surface area is 168 Å². The number of nitrogens with one attached hydrogen (secondary N) is 1. The maximum Gasteiger partial charge on any atom is 0.251 e. The number of hydrogen-bond donors (Lipinski definition) is 1. The summed E-state index contributed by atoms with van der Waals surface area (Å²) in [6, 6.07) is 13.7. The molecule has 1 N–H and O–H groups in total. The highest BCUT2D eigenvalue weighted by Gasteiger charge is 2.16. The lowest BCUT2D eigenvalue weighted by atomic mass is 10.1. The molecule has 2 aromatic carbocycles. The molecule has 5 nitrogen and oxygen atoms in total. The van der Waals surface area contributed by atoms with Crippen LogP contribution in [0, 0.1) is 0 Å². The fraction of sp³-hybridized carbons (Fsp3) is 0.435. The first kappa shape index (κ1) is 21.8. The Morgan fingerprint density at radius 1 is 1.04 bits per heavy atom. The van der Waals surface area contributed by atoms with Crippen molar-refractivity contribution in [2.45, 2.75) is 46.3 Å². The molecule has 0 aliphatic carbocycles. The van der Waals surface area contributed by atoms with Gasteiger partial charge in [0.15, 0.2) is 0 Å². The smallest absolute Gasteiger partial charge is 0.251 e. The quantitative estimate of drug-likeness (QED) is 0.695. The maximum atomic E-state index is 12.7. The molecule has 1 unspecified atom stereocenters. The Bertz CT molecular complexity index is 772. The summed E-state index contributed by atoms with van der Waals surface area (Å²) >= 11 is 0. The highest BCUT2D eigenvalue weighted by atomic mass is 16.5. The van der Waals surface area contributed by atoms with Gasteiger partial charge in [-0.2, -0.15) is 0 Å². The fourth-order valence-electron chi connectivity index (χ4n) is 3.19. The Balaban J connectivity index is 2.06. The molecule has 0 heterocycles. The molecule has 1 amide bonds. The van der Waals surface area contributed by atoms with Crippen LogP contribution in [-0.4, -0.2) is 37.6 Å². The van der Waals surface area contributed by atoms with Crippen molar-refractivity contribution in [3.63, 3.8) is 0 Å². The third-order valence-electron chi connectivity index (χ3n) is 4.99. The van der Waals surface area contributed by atoms with Crippen LogP contribution in [0.5, 0.6) is 11.5 Å². The van der Waals surface area contributed by atoms with Crippen LogP contribution in [0.25, 0.3) is 0 Å². The van der Waals surface area contributed by atoms with Crippen molar-refractivity contribution in [3.8, 4) is 11.5 Å². The minimum Gasteiger partial charge on any atom is -0.497 e. The molecule has 0 saturated heterocycles. The van der Waals surface area contributed by atoms with Gasteiger partial charge in [-0.05, 0) is 57.1 Å². The van der Waals surface area contributed by atoms with Crippen LogP contribution < -0.4 is 14.8 Å². The summed E-state index contributed by atoms with van der Waals surface area (Å²) in [6.07, 6.45) is 0. The third kappa shape index (κ3) is 5.49. The molecule has 5 heteroatoms. The van der Waals surface area contributed by atoms with Gasteiger partial charge in [0.1, 0.15) is 11.5 Å². The molecule has 2 aromatic rings. The van der Waals surface area contributed by atoms with E-state index in [0.717, 1.165) is 24.4 Å². The number of methoxy groups -OCH3 is 2. The molecular formula is C23H32N2O3. The van der Waals surface area contributed by atoms with Crippen molar-refractivity contribution in [2.75, 3.05) is 20.8 Å². The lowest BCUT2D eigenvalue weighted by molar-refractivity contribution is 0.0939. The molecule has 0 aromatic heterocycles. The first-order valence-corrected chi connectivity index (χ1v) is 9.75. The molecule has 2 rings (SSSR count). The molecule has 0 radical (unpaired) electrons. The van der Waals surface area contributed by atoms with Gasteiger partial charge in [0.05, 0.1) is 20.3 Å². The SMILES string of the molecule is CCN(Cc1ccc(C(=O)NC(C)c2ccc(OC)cc2OC)cc1)C(C)C. The standard InChI is InChI=1S/C23H32N2O3/c1-7-25(16(2)3)15-18-8-10-19(11-9-18)23(26)24-17(4)21-13-12-20(27-5)14-22(21)28-6/h8-14,16-17H,7,15H2,1-6H3,(H,24,26). The molecule has 0 aliphatic rings. The van der Waals surface area contributed by atoms with Crippen molar-refractivity contribution < 1.29 is 14.3 Å². The fourth-order valence-corrected chi connectivity index (χ4v) is 3.19. The first-order chi connectivity index (χ1) is 13.4. The van der Waals surface area contributed by atoms with Crippen LogP contribution in [0.4, 0.5) is 0 Å². The van der Waals surface area contributed by atoms with Crippen LogP contribution in [0.3, 0.4) is 0 Å². The van der Waals surface area contributed by atoms with E-state index in [1.54, 1.807) is 14.2 Å². The lowest BCUT2D eigenvalue weighted by Gasteiger charge is -2.24. The highest BCUT2D eigenvalue weighted by Crippen LogP contribution is 2.29.